The topological polar surface area (TPSA) is 41.1 Å². The van der Waals surface area contributed by atoms with Gasteiger partial charge < -0.3 is 0 Å². The highest BCUT2D eigenvalue weighted by Crippen LogP contribution is 2.36. The van der Waals surface area contributed by atoms with E-state index in [9.17, 15) is 31.1 Å². The number of carbonyl (C=O) groups is 1. The van der Waals surface area contributed by atoms with Gasteiger partial charge in [0.1, 0.15) is 0 Å². The summed E-state index contributed by atoms with van der Waals surface area (Å²) in [5.41, 5.74) is 0.200. The summed E-state index contributed by atoms with van der Waals surface area (Å²) in [5.74, 6) is -1.10. The molecule has 0 atom stereocenters. The second kappa shape index (κ2) is 5.08. The van der Waals surface area contributed by atoms with Crippen molar-refractivity contribution in [1.29, 1.82) is 0 Å². The van der Waals surface area contributed by atoms with Crippen LogP contribution in [0, 0.1) is 0 Å². The first kappa shape index (κ1) is 15.3. The quantitative estimate of drug-likeness (QED) is 0.648. The molecule has 0 fully saturated rings. The number of hydrazine groups is 1. The SMILES string of the molecule is CNNC(=O)c1cc(C(F)(F)F)cc(C(F)(F)F)c1. The molecule has 19 heavy (non-hydrogen) atoms. The molecule has 0 bridgehead atoms. The van der Waals surface area contributed by atoms with Crippen molar-refractivity contribution in [3.8, 4) is 0 Å². The molecule has 0 unspecified atom stereocenters. The molecule has 0 heterocycles. The highest BCUT2D eigenvalue weighted by molar-refractivity contribution is 5.94. The van der Waals surface area contributed by atoms with E-state index in [0.717, 1.165) is 0 Å². The maximum absolute atomic E-state index is 12.5. The molecule has 1 rings (SSSR count). The zero-order valence-corrected chi connectivity index (χ0v) is 9.41. The van der Waals surface area contributed by atoms with Gasteiger partial charge in [-0.25, -0.2) is 5.43 Å². The largest absolute Gasteiger partial charge is 0.416 e. The van der Waals surface area contributed by atoms with Crippen LogP contribution in [0.4, 0.5) is 26.3 Å². The number of nitrogens with one attached hydrogen (secondary N) is 2. The van der Waals surface area contributed by atoms with E-state index < -0.39 is 35.0 Å². The summed E-state index contributed by atoms with van der Waals surface area (Å²) in [6.45, 7) is 0. The predicted molar refractivity (Wildman–Crippen MR) is 53.0 cm³/mol. The van der Waals surface area contributed by atoms with Crippen molar-refractivity contribution < 1.29 is 31.1 Å². The van der Waals surface area contributed by atoms with Gasteiger partial charge >= 0.3 is 12.4 Å². The van der Waals surface area contributed by atoms with Crippen molar-refractivity contribution in [3.63, 3.8) is 0 Å². The number of amides is 1. The van der Waals surface area contributed by atoms with E-state index in [1.807, 2.05) is 5.43 Å². The molecule has 106 valence electrons. The Kier molecular flexibility index (Phi) is 4.09. The van der Waals surface area contributed by atoms with Gasteiger partial charge in [-0.05, 0) is 18.2 Å². The highest BCUT2D eigenvalue weighted by atomic mass is 19.4. The first-order valence-electron chi connectivity index (χ1n) is 4.82. The smallest absolute Gasteiger partial charge is 0.288 e. The Bertz CT molecular complexity index is 448. The van der Waals surface area contributed by atoms with Crippen LogP contribution in [0.25, 0.3) is 0 Å². The molecule has 2 N–H and O–H groups in total. The standard InChI is InChI=1S/C10H8F6N2O/c1-17-18-8(19)5-2-6(9(11,12)13)4-7(3-5)10(14,15)16/h2-4,17H,1H3,(H,18,19). The Hall–Kier alpha value is -1.77. The Labute approximate surface area is 103 Å². The number of halogens is 6. The molecule has 0 radical (unpaired) electrons. The van der Waals surface area contributed by atoms with Crippen LogP contribution in [-0.4, -0.2) is 13.0 Å². The van der Waals surface area contributed by atoms with E-state index in [0.29, 0.717) is 12.1 Å². The number of hydrogen-bond donors (Lipinski definition) is 2. The highest BCUT2D eigenvalue weighted by Gasteiger charge is 2.37. The number of carbonyl (C=O) groups excluding carboxylic acids is 1. The molecule has 1 aromatic rings. The molecule has 0 saturated carbocycles. The van der Waals surface area contributed by atoms with Gasteiger partial charge in [-0.2, -0.15) is 26.3 Å². The average molecular weight is 286 g/mol. The number of benzene rings is 1. The lowest BCUT2D eigenvalue weighted by molar-refractivity contribution is -0.143. The summed E-state index contributed by atoms with van der Waals surface area (Å²) in [6, 6.07) is 0.653. The van der Waals surface area contributed by atoms with Gasteiger partial charge in [0.05, 0.1) is 11.1 Å². The number of hydrogen-bond acceptors (Lipinski definition) is 2. The molecule has 0 aliphatic heterocycles. The molecule has 0 spiro atoms. The second-order valence-corrected chi connectivity index (χ2v) is 3.50. The molecule has 0 aliphatic rings. The van der Waals surface area contributed by atoms with Crippen LogP contribution in [0.5, 0.6) is 0 Å². The fourth-order valence-corrected chi connectivity index (χ4v) is 1.27. The maximum Gasteiger partial charge on any atom is 0.416 e. The lowest BCUT2D eigenvalue weighted by Crippen LogP contribution is -2.34. The van der Waals surface area contributed by atoms with Crippen LogP contribution in [0.1, 0.15) is 21.5 Å². The van der Waals surface area contributed by atoms with Crippen LogP contribution in [-0.2, 0) is 12.4 Å². The third kappa shape index (κ3) is 3.85. The minimum absolute atomic E-state index is 0.0455. The monoisotopic (exact) mass is 286 g/mol. The van der Waals surface area contributed by atoms with Crippen LogP contribution in [0.15, 0.2) is 18.2 Å². The number of rotatable bonds is 2. The second-order valence-electron chi connectivity index (χ2n) is 3.50. The van der Waals surface area contributed by atoms with Crippen molar-refractivity contribution in [2.45, 2.75) is 12.4 Å². The van der Waals surface area contributed by atoms with Crippen molar-refractivity contribution in [3.05, 3.63) is 34.9 Å². The van der Waals surface area contributed by atoms with Crippen molar-refractivity contribution in [1.82, 2.24) is 10.9 Å². The van der Waals surface area contributed by atoms with E-state index >= 15 is 0 Å². The third-order valence-corrected chi connectivity index (χ3v) is 2.09. The first-order chi connectivity index (χ1) is 8.55. The molecule has 0 saturated heterocycles. The first-order valence-corrected chi connectivity index (χ1v) is 4.82. The summed E-state index contributed by atoms with van der Waals surface area (Å²) in [7, 11) is 1.25. The predicted octanol–water partition coefficient (Wildman–Crippen LogP) is 2.59. The summed E-state index contributed by atoms with van der Waals surface area (Å²) in [6.07, 6.45) is -9.95. The van der Waals surface area contributed by atoms with E-state index in [2.05, 4.69) is 5.43 Å². The van der Waals surface area contributed by atoms with Gasteiger partial charge in [-0.1, -0.05) is 0 Å². The van der Waals surface area contributed by atoms with Crippen LogP contribution >= 0.6 is 0 Å². The zero-order valence-electron chi connectivity index (χ0n) is 9.41. The van der Waals surface area contributed by atoms with Gasteiger partial charge in [0.2, 0.25) is 0 Å². The molecule has 0 aromatic heterocycles. The molecule has 0 aliphatic carbocycles. The number of alkyl halides is 6. The fraction of sp³-hybridized carbons (Fsp3) is 0.300. The summed E-state index contributed by atoms with van der Waals surface area (Å²) in [4.78, 5) is 11.3. The van der Waals surface area contributed by atoms with Crippen LogP contribution < -0.4 is 10.9 Å². The van der Waals surface area contributed by atoms with E-state index in [1.165, 1.54) is 7.05 Å². The Morgan fingerprint density at radius 2 is 1.37 bits per heavy atom. The van der Waals surface area contributed by atoms with Crippen molar-refractivity contribution >= 4 is 5.91 Å². The molecule has 1 aromatic carbocycles. The molecule has 9 heteroatoms. The maximum atomic E-state index is 12.5. The van der Waals surface area contributed by atoms with Gasteiger partial charge in [0.15, 0.2) is 0 Å². The van der Waals surface area contributed by atoms with E-state index in [1.54, 1.807) is 0 Å². The Morgan fingerprint density at radius 3 is 1.68 bits per heavy atom. The normalized spacial score (nSPS) is 12.4. The molecule has 1 amide bonds. The minimum Gasteiger partial charge on any atom is -0.288 e. The van der Waals surface area contributed by atoms with Gasteiger partial charge in [0.25, 0.3) is 5.91 Å². The molecular weight excluding hydrogens is 278 g/mol. The van der Waals surface area contributed by atoms with Crippen molar-refractivity contribution in [2.24, 2.45) is 0 Å². The lowest BCUT2D eigenvalue weighted by atomic mass is 10.0. The van der Waals surface area contributed by atoms with Crippen LogP contribution in [0.2, 0.25) is 0 Å². The van der Waals surface area contributed by atoms with Gasteiger partial charge in [-0.3, -0.25) is 10.2 Å². The third-order valence-electron chi connectivity index (χ3n) is 2.09. The minimum atomic E-state index is -4.98. The fourth-order valence-electron chi connectivity index (χ4n) is 1.27. The van der Waals surface area contributed by atoms with Crippen molar-refractivity contribution in [2.75, 3.05) is 7.05 Å². The summed E-state index contributed by atoms with van der Waals surface area (Å²) >= 11 is 0. The lowest BCUT2D eigenvalue weighted by Gasteiger charge is -2.13. The molecule has 3 nitrogen and oxygen atoms in total. The van der Waals surface area contributed by atoms with Crippen LogP contribution in [0.3, 0.4) is 0 Å². The van der Waals surface area contributed by atoms with E-state index in [-0.39, 0.29) is 6.07 Å². The summed E-state index contributed by atoms with van der Waals surface area (Å²) in [5, 5.41) is 0. The van der Waals surface area contributed by atoms with Gasteiger partial charge in [0, 0.05) is 12.6 Å². The molecular formula is C10H8F6N2O. The summed E-state index contributed by atoms with van der Waals surface area (Å²) < 4.78 is 74.8. The Morgan fingerprint density at radius 1 is 0.947 bits per heavy atom. The average Bonchev–Trinajstić information content (AvgIpc) is 2.26. The van der Waals surface area contributed by atoms with E-state index in [4.69, 9.17) is 0 Å². The zero-order chi connectivity index (χ0) is 14.8. The Balaban J connectivity index is 3.37. The van der Waals surface area contributed by atoms with Gasteiger partial charge in [-0.15, -0.1) is 0 Å².